The van der Waals surface area contributed by atoms with Crippen molar-refractivity contribution in [2.75, 3.05) is 6.54 Å². The average molecular weight is 579 g/mol. The van der Waals surface area contributed by atoms with Gasteiger partial charge in [-0.25, -0.2) is 0 Å². The lowest BCUT2D eigenvalue weighted by Crippen LogP contribution is -2.65. The van der Waals surface area contributed by atoms with Gasteiger partial charge < -0.3 is 19.9 Å². The molecule has 0 unspecified atom stereocenters. The van der Waals surface area contributed by atoms with Crippen LogP contribution in [0.2, 0.25) is 0 Å². The van der Waals surface area contributed by atoms with Gasteiger partial charge in [-0.05, 0) is 80.6 Å². The first-order valence-electron chi connectivity index (χ1n) is 16.5. The van der Waals surface area contributed by atoms with E-state index in [1.165, 1.54) is 12.0 Å². The SMILES string of the molecule is CCCCc1ccc(C(=O)C[C@@H](CNC(=O)C2CC2)C(=O)N[C@@H](CC(C)C)B2O[C@@H]3C[C@H]4C[C@H](C4(C)C)[C@]3(C)O2)cc1. The third-order valence-electron chi connectivity index (χ3n) is 10.7. The summed E-state index contributed by atoms with van der Waals surface area (Å²) in [4.78, 5) is 39.7. The minimum absolute atomic E-state index is 0.0275. The van der Waals surface area contributed by atoms with E-state index in [4.69, 9.17) is 9.31 Å². The molecule has 42 heavy (non-hydrogen) atoms. The zero-order chi connectivity index (χ0) is 30.2. The maximum absolute atomic E-state index is 13.9. The predicted octanol–water partition coefficient (Wildman–Crippen LogP) is 5.54. The molecular weight excluding hydrogens is 527 g/mol. The Balaban J connectivity index is 1.28. The van der Waals surface area contributed by atoms with E-state index in [1.54, 1.807) is 0 Å². The molecule has 2 amide bonds. The number of amides is 2. The Kier molecular flexibility index (Phi) is 9.25. The first-order chi connectivity index (χ1) is 19.9. The Morgan fingerprint density at radius 2 is 1.79 bits per heavy atom. The van der Waals surface area contributed by atoms with E-state index in [2.05, 4.69) is 52.2 Å². The van der Waals surface area contributed by atoms with E-state index in [9.17, 15) is 14.4 Å². The van der Waals surface area contributed by atoms with E-state index in [0.29, 0.717) is 29.7 Å². The summed E-state index contributed by atoms with van der Waals surface area (Å²) in [5, 5.41) is 6.18. The third kappa shape index (κ3) is 6.50. The minimum atomic E-state index is -0.680. The van der Waals surface area contributed by atoms with Crippen molar-refractivity contribution in [2.24, 2.45) is 35.0 Å². The van der Waals surface area contributed by atoms with Crippen molar-refractivity contribution in [3.8, 4) is 0 Å². The highest BCUT2D eigenvalue weighted by Gasteiger charge is 2.68. The summed E-state index contributed by atoms with van der Waals surface area (Å²) >= 11 is 0. The van der Waals surface area contributed by atoms with Crippen LogP contribution in [0.4, 0.5) is 0 Å². The van der Waals surface area contributed by atoms with Crippen molar-refractivity contribution >= 4 is 24.7 Å². The molecule has 0 spiro atoms. The Labute approximate surface area is 252 Å². The predicted molar refractivity (Wildman–Crippen MR) is 165 cm³/mol. The molecule has 5 fully saturated rings. The van der Waals surface area contributed by atoms with Crippen molar-refractivity contribution in [3.05, 3.63) is 35.4 Å². The van der Waals surface area contributed by atoms with Gasteiger partial charge in [-0.1, -0.05) is 65.3 Å². The molecule has 7 nitrogen and oxygen atoms in total. The molecule has 4 aliphatic carbocycles. The van der Waals surface area contributed by atoms with Gasteiger partial charge in [0.1, 0.15) is 0 Å². The zero-order valence-electron chi connectivity index (χ0n) is 26.5. The normalized spacial score (nSPS) is 28.9. The van der Waals surface area contributed by atoms with E-state index < -0.39 is 13.0 Å². The number of nitrogens with one attached hydrogen (secondary N) is 2. The number of benzene rings is 1. The third-order valence-corrected chi connectivity index (χ3v) is 10.7. The van der Waals surface area contributed by atoms with E-state index in [1.807, 2.05) is 24.3 Å². The molecule has 0 radical (unpaired) electrons. The van der Waals surface area contributed by atoms with Crippen molar-refractivity contribution < 1.29 is 23.7 Å². The minimum Gasteiger partial charge on any atom is -0.404 e. The molecule has 2 N–H and O–H groups in total. The van der Waals surface area contributed by atoms with E-state index >= 15 is 0 Å². The fraction of sp³-hybridized carbons (Fsp3) is 0.735. The van der Waals surface area contributed by atoms with Gasteiger partial charge in [0, 0.05) is 24.4 Å². The number of Topliss-reactive ketones (excluding diaryl/α,β-unsaturated/α-hetero) is 1. The molecule has 1 aromatic rings. The second kappa shape index (κ2) is 12.4. The van der Waals surface area contributed by atoms with Crippen LogP contribution in [0, 0.1) is 35.0 Å². The van der Waals surface area contributed by atoms with Crippen molar-refractivity contribution in [1.82, 2.24) is 10.6 Å². The van der Waals surface area contributed by atoms with Crippen LogP contribution in [-0.4, -0.2) is 48.9 Å². The summed E-state index contributed by atoms with van der Waals surface area (Å²) in [5.41, 5.74) is 1.68. The second-order valence-electron chi connectivity index (χ2n) is 14.7. The maximum atomic E-state index is 13.9. The fourth-order valence-electron chi connectivity index (χ4n) is 7.67. The van der Waals surface area contributed by atoms with Crippen molar-refractivity contribution in [3.63, 3.8) is 0 Å². The second-order valence-corrected chi connectivity index (χ2v) is 14.7. The Morgan fingerprint density at radius 3 is 2.40 bits per heavy atom. The lowest BCUT2D eigenvalue weighted by atomic mass is 9.43. The highest BCUT2D eigenvalue weighted by Crippen LogP contribution is 2.65. The average Bonchev–Trinajstić information content (AvgIpc) is 3.73. The lowest BCUT2D eigenvalue weighted by molar-refractivity contribution is -0.199. The molecule has 4 saturated carbocycles. The van der Waals surface area contributed by atoms with Gasteiger partial charge in [-0.3, -0.25) is 14.4 Å². The molecule has 1 saturated heterocycles. The van der Waals surface area contributed by atoms with Gasteiger partial charge in [-0.15, -0.1) is 0 Å². The number of unbranched alkanes of at least 4 members (excludes halogenated alkanes) is 1. The molecule has 8 heteroatoms. The van der Waals surface area contributed by atoms with Gasteiger partial charge in [0.2, 0.25) is 11.8 Å². The number of hydrogen-bond donors (Lipinski definition) is 2. The van der Waals surface area contributed by atoms with Gasteiger partial charge >= 0.3 is 7.12 Å². The molecule has 2 bridgehead atoms. The van der Waals surface area contributed by atoms with Gasteiger partial charge in [0.15, 0.2) is 5.78 Å². The summed E-state index contributed by atoms with van der Waals surface area (Å²) in [7, 11) is -0.533. The number of carbonyl (C=O) groups is 3. The van der Waals surface area contributed by atoms with Crippen molar-refractivity contribution in [2.45, 2.75) is 117 Å². The van der Waals surface area contributed by atoms with E-state index in [0.717, 1.165) is 38.5 Å². The largest absolute Gasteiger partial charge is 0.481 e. The topological polar surface area (TPSA) is 93.7 Å². The van der Waals surface area contributed by atoms with Gasteiger partial charge in [0.05, 0.1) is 23.6 Å². The molecular formula is C34H51BN2O5. The molecule has 5 aliphatic rings. The smallest absolute Gasteiger partial charge is 0.404 e. The lowest BCUT2D eigenvalue weighted by Gasteiger charge is -2.64. The van der Waals surface area contributed by atoms with Crippen LogP contribution < -0.4 is 10.6 Å². The number of hydrogen-bond acceptors (Lipinski definition) is 5. The highest BCUT2D eigenvalue weighted by atomic mass is 16.7. The maximum Gasteiger partial charge on any atom is 0.481 e. The standard InChI is InChI=1S/C34H51BN2O5/c1-7-8-9-22-10-12-23(13-11-22)27(38)17-25(20-36-31(39)24-14-15-24)32(40)37-30(16-21(2)3)35-41-29-19-26-18-28(33(26,4)5)34(29,6)42-35/h10-13,21,24-26,28-30H,7-9,14-20H2,1-6H3,(H,36,39)(H,37,40)/t25-,26+,28+,29+,30-,34-/m0/s1. The van der Waals surface area contributed by atoms with Gasteiger partial charge in [-0.2, -0.15) is 0 Å². The Morgan fingerprint density at radius 1 is 1.07 bits per heavy atom. The molecule has 230 valence electrons. The van der Waals surface area contributed by atoms with Crippen LogP contribution >= 0.6 is 0 Å². The first kappa shape index (κ1) is 31.2. The molecule has 1 aromatic carbocycles. The van der Waals surface area contributed by atoms with Crippen molar-refractivity contribution in [1.29, 1.82) is 0 Å². The first-order valence-corrected chi connectivity index (χ1v) is 16.5. The number of ketones is 1. The monoisotopic (exact) mass is 578 g/mol. The summed E-state index contributed by atoms with van der Waals surface area (Å²) in [6.07, 6.45) is 7.91. The molecule has 6 rings (SSSR count). The fourth-order valence-corrected chi connectivity index (χ4v) is 7.67. The molecule has 1 heterocycles. The van der Waals surface area contributed by atoms with Gasteiger partial charge in [0.25, 0.3) is 0 Å². The quantitative estimate of drug-likeness (QED) is 0.223. The summed E-state index contributed by atoms with van der Waals surface area (Å²) < 4.78 is 13.3. The Hall–Kier alpha value is -2.19. The summed E-state index contributed by atoms with van der Waals surface area (Å²) in [6, 6.07) is 7.74. The summed E-state index contributed by atoms with van der Waals surface area (Å²) in [6.45, 7) is 13.4. The molecule has 6 atom stereocenters. The van der Waals surface area contributed by atoms with Crippen LogP contribution in [-0.2, 0) is 25.3 Å². The highest BCUT2D eigenvalue weighted by molar-refractivity contribution is 6.47. The number of carbonyl (C=O) groups excluding carboxylic acids is 3. The van der Waals surface area contributed by atoms with Crippen LogP contribution in [0.3, 0.4) is 0 Å². The summed E-state index contributed by atoms with van der Waals surface area (Å²) in [5.74, 6) is 0.0554. The molecule has 0 aromatic heterocycles. The van der Waals surface area contributed by atoms with Crippen LogP contribution in [0.5, 0.6) is 0 Å². The van der Waals surface area contributed by atoms with Crippen LogP contribution in [0.25, 0.3) is 0 Å². The molecule has 1 aliphatic heterocycles. The van der Waals surface area contributed by atoms with E-state index in [-0.39, 0.29) is 59.5 Å². The van der Waals surface area contributed by atoms with Crippen LogP contribution in [0.15, 0.2) is 24.3 Å². The Bertz CT molecular complexity index is 1150. The zero-order valence-corrected chi connectivity index (χ0v) is 26.5. The van der Waals surface area contributed by atoms with Crippen LogP contribution in [0.1, 0.15) is 109 Å². The number of aryl methyl sites for hydroxylation is 1. The number of rotatable bonds is 14.